The SMILES string of the molecule is Cc1ccc(C)c(N(CCCC(=O)N[C@@H](C)c2cc(C)c(C)cc2C)S(C)(=O)=O)c1. The second-order valence-corrected chi connectivity index (χ2v) is 10.2. The van der Waals surface area contributed by atoms with Gasteiger partial charge in [0.25, 0.3) is 0 Å². The highest BCUT2D eigenvalue weighted by Crippen LogP contribution is 2.25. The molecule has 0 heterocycles. The van der Waals surface area contributed by atoms with Crippen molar-refractivity contribution in [3.05, 3.63) is 63.7 Å². The van der Waals surface area contributed by atoms with E-state index in [1.165, 1.54) is 21.7 Å². The number of benzene rings is 2. The summed E-state index contributed by atoms with van der Waals surface area (Å²) < 4.78 is 26.1. The summed E-state index contributed by atoms with van der Waals surface area (Å²) in [7, 11) is -3.43. The molecule has 0 saturated heterocycles. The van der Waals surface area contributed by atoms with Crippen LogP contribution >= 0.6 is 0 Å². The molecule has 2 aromatic carbocycles. The van der Waals surface area contributed by atoms with Gasteiger partial charge in [0, 0.05) is 13.0 Å². The Morgan fingerprint density at radius 1 is 0.967 bits per heavy atom. The molecule has 0 aliphatic heterocycles. The lowest BCUT2D eigenvalue weighted by atomic mass is 9.96. The van der Waals surface area contributed by atoms with E-state index in [-0.39, 0.29) is 24.9 Å². The van der Waals surface area contributed by atoms with Crippen LogP contribution in [0.25, 0.3) is 0 Å². The van der Waals surface area contributed by atoms with Gasteiger partial charge in [-0.25, -0.2) is 8.42 Å². The maximum Gasteiger partial charge on any atom is 0.232 e. The molecule has 1 amide bonds. The van der Waals surface area contributed by atoms with Crippen LogP contribution in [-0.2, 0) is 14.8 Å². The van der Waals surface area contributed by atoms with E-state index >= 15 is 0 Å². The lowest BCUT2D eigenvalue weighted by molar-refractivity contribution is -0.121. The zero-order valence-corrected chi connectivity index (χ0v) is 20.0. The average Bonchev–Trinajstić information content (AvgIpc) is 2.63. The van der Waals surface area contributed by atoms with Gasteiger partial charge in [0.1, 0.15) is 0 Å². The summed E-state index contributed by atoms with van der Waals surface area (Å²) in [4.78, 5) is 12.5. The molecular weight excluding hydrogens is 396 g/mol. The topological polar surface area (TPSA) is 66.5 Å². The van der Waals surface area contributed by atoms with Crippen LogP contribution in [0.5, 0.6) is 0 Å². The van der Waals surface area contributed by atoms with E-state index in [1.807, 2.05) is 39.0 Å². The molecule has 0 aromatic heterocycles. The van der Waals surface area contributed by atoms with Crippen molar-refractivity contribution in [2.75, 3.05) is 17.1 Å². The van der Waals surface area contributed by atoms with Crippen LogP contribution in [0, 0.1) is 34.6 Å². The standard InChI is InChI=1S/C24H34N2O3S/c1-16-10-11-17(2)23(13-16)26(30(7,28)29)12-8-9-24(27)25-21(6)22-15-19(4)18(3)14-20(22)5/h10-11,13-15,21H,8-9,12H2,1-7H3,(H,25,27)/t21-/m0/s1. The minimum atomic E-state index is -3.43. The Morgan fingerprint density at radius 3 is 2.23 bits per heavy atom. The van der Waals surface area contributed by atoms with Gasteiger partial charge in [-0.05, 0) is 87.4 Å². The first-order valence-electron chi connectivity index (χ1n) is 10.3. The number of nitrogens with zero attached hydrogens (tertiary/aromatic N) is 1. The Labute approximate surface area is 181 Å². The molecule has 1 N–H and O–H groups in total. The second kappa shape index (κ2) is 9.65. The molecule has 1 atom stereocenters. The summed E-state index contributed by atoms with van der Waals surface area (Å²) in [5, 5.41) is 3.05. The Bertz CT molecular complexity index is 1030. The number of hydrogen-bond donors (Lipinski definition) is 1. The fraction of sp³-hybridized carbons (Fsp3) is 0.458. The van der Waals surface area contributed by atoms with E-state index < -0.39 is 10.0 Å². The number of rotatable bonds is 8. The van der Waals surface area contributed by atoms with Crippen molar-refractivity contribution >= 4 is 21.6 Å². The maximum atomic E-state index is 12.5. The van der Waals surface area contributed by atoms with E-state index in [9.17, 15) is 13.2 Å². The third-order valence-electron chi connectivity index (χ3n) is 5.53. The second-order valence-electron chi connectivity index (χ2n) is 8.31. The van der Waals surface area contributed by atoms with E-state index in [1.54, 1.807) is 0 Å². The fourth-order valence-corrected chi connectivity index (χ4v) is 4.69. The predicted molar refractivity (Wildman–Crippen MR) is 125 cm³/mol. The molecule has 0 aliphatic rings. The smallest absolute Gasteiger partial charge is 0.232 e. The molecular formula is C24H34N2O3S. The van der Waals surface area contributed by atoms with Crippen molar-refractivity contribution in [1.82, 2.24) is 5.32 Å². The Hall–Kier alpha value is -2.34. The van der Waals surface area contributed by atoms with Crippen LogP contribution in [0.2, 0.25) is 0 Å². The van der Waals surface area contributed by atoms with Crippen molar-refractivity contribution in [3.63, 3.8) is 0 Å². The highest BCUT2D eigenvalue weighted by atomic mass is 32.2. The summed E-state index contributed by atoms with van der Waals surface area (Å²) in [6.07, 6.45) is 1.93. The van der Waals surface area contributed by atoms with Crippen molar-refractivity contribution in [3.8, 4) is 0 Å². The number of hydrogen-bond acceptors (Lipinski definition) is 3. The van der Waals surface area contributed by atoms with Gasteiger partial charge in [-0.1, -0.05) is 24.3 Å². The molecule has 0 saturated carbocycles. The Morgan fingerprint density at radius 2 is 1.60 bits per heavy atom. The molecule has 0 spiro atoms. The third-order valence-corrected chi connectivity index (χ3v) is 6.71. The average molecular weight is 431 g/mol. The van der Waals surface area contributed by atoms with Crippen LogP contribution in [0.4, 0.5) is 5.69 Å². The normalized spacial score (nSPS) is 12.5. The quantitative estimate of drug-likeness (QED) is 0.663. The van der Waals surface area contributed by atoms with E-state index in [2.05, 4.69) is 38.2 Å². The first kappa shape index (κ1) is 23.9. The number of nitrogens with one attached hydrogen (secondary N) is 1. The van der Waals surface area contributed by atoms with Crippen LogP contribution in [0.15, 0.2) is 30.3 Å². The summed E-state index contributed by atoms with van der Waals surface area (Å²) >= 11 is 0. The minimum Gasteiger partial charge on any atom is -0.350 e. The van der Waals surface area contributed by atoms with Crippen LogP contribution in [0.1, 0.15) is 59.2 Å². The van der Waals surface area contributed by atoms with Gasteiger partial charge in [-0.15, -0.1) is 0 Å². The number of carbonyl (C=O) groups is 1. The maximum absolute atomic E-state index is 12.5. The zero-order valence-electron chi connectivity index (χ0n) is 19.2. The minimum absolute atomic E-state index is 0.0745. The van der Waals surface area contributed by atoms with Gasteiger partial charge in [0.15, 0.2) is 0 Å². The lowest BCUT2D eigenvalue weighted by Gasteiger charge is -2.25. The van der Waals surface area contributed by atoms with Crippen molar-refractivity contribution in [2.24, 2.45) is 0 Å². The highest BCUT2D eigenvalue weighted by molar-refractivity contribution is 7.92. The largest absolute Gasteiger partial charge is 0.350 e. The highest BCUT2D eigenvalue weighted by Gasteiger charge is 2.20. The molecule has 0 fully saturated rings. The summed E-state index contributed by atoms with van der Waals surface area (Å²) in [6, 6.07) is 9.93. The van der Waals surface area contributed by atoms with Gasteiger partial charge in [0.05, 0.1) is 18.0 Å². The third kappa shape index (κ3) is 6.08. The number of sulfonamides is 1. The molecule has 0 bridgehead atoms. The summed E-state index contributed by atoms with van der Waals surface area (Å²) in [6.45, 7) is 12.3. The van der Waals surface area contributed by atoms with Crippen molar-refractivity contribution < 1.29 is 13.2 Å². The van der Waals surface area contributed by atoms with Gasteiger partial charge < -0.3 is 5.32 Å². The number of amides is 1. The lowest BCUT2D eigenvalue weighted by Crippen LogP contribution is -2.33. The monoisotopic (exact) mass is 430 g/mol. The number of aryl methyl sites for hydroxylation is 5. The van der Waals surface area contributed by atoms with E-state index in [0.29, 0.717) is 12.1 Å². The molecule has 0 unspecified atom stereocenters. The van der Waals surface area contributed by atoms with Gasteiger partial charge in [-0.3, -0.25) is 9.10 Å². The summed E-state index contributed by atoms with van der Waals surface area (Å²) in [5.74, 6) is -0.0745. The number of anilines is 1. The van der Waals surface area contributed by atoms with E-state index in [0.717, 1.165) is 22.3 Å². The molecule has 0 radical (unpaired) electrons. The molecule has 30 heavy (non-hydrogen) atoms. The molecule has 6 heteroatoms. The number of carbonyl (C=O) groups excluding carboxylic acids is 1. The molecule has 0 aliphatic carbocycles. The molecule has 2 aromatic rings. The van der Waals surface area contributed by atoms with Gasteiger partial charge >= 0.3 is 0 Å². The van der Waals surface area contributed by atoms with Crippen LogP contribution < -0.4 is 9.62 Å². The Kier molecular flexibility index (Phi) is 7.70. The zero-order chi connectivity index (χ0) is 22.6. The first-order chi connectivity index (χ1) is 13.9. The van der Waals surface area contributed by atoms with Crippen LogP contribution in [0.3, 0.4) is 0 Å². The van der Waals surface area contributed by atoms with E-state index in [4.69, 9.17) is 0 Å². The first-order valence-corrected chi connectivity index (χ1v) is 12.2. The van der Waals surface area contributed by atoms with Gasteiger partial charge in [0.2, 0.25) is 15.9 Å². The van der Waals surface area contributed by atoms with Gasteiger partial charge in [-0.2, -0.15) is 0 Å². The molecule has 2 rings (SSSR count). The van der Waals surface area contributed by atoms with Crippen molar-refractivity contribution in [2.45, 2.75) is 60.4 Å². The molecule has 5 nitrogen and oxygen atoms in total. The Balaban J connectivity index is 2.03. The predicted octanol–water partition coefficient (Wildman–Crippen LogP) is 4.65. The van der Waals surface area contributed by atoms with Crippen molar-refractivity contribution in [1.29, 1.82) is 0 Å². The summed E-state index contributed by atoms with van der Waals surface area (Å²) in [5.41, 5.74) is 7.28. The van der Waals surface area contributed by atoms with Crippen LogP contribution in [-0.4, -0.2) is 27.1 Å². The fourth-order valence-electron chi connectivity index (χ4n) is 3.68. The molecule has 164 valence electrons.